The van der Waals surface area contributed by atoms with E-state index in [9.17, 15) is 8.42 Å². The molecule has 0 amide bonds. The summed E-state index contributed by atoms with van der Waals surface area (Å²) in [5, 5.41) is 1.40. The van der Waals surface area contributed by atoms with E-state index in [1.54, 1.807) is 36.5 Å². The molecule has 2 aromatic carbocycles. The molecule has 0 unspecified atom stereocenters. The summed E-state index contributed by atoms with van der Waals surface area (Å²) in [5.74, 6) is 0. The molecule has 3 aromatic rings. The minimum atomic E-state index is -3.68. The maximum Gasteiger partial charge on any atom is 0.268 e. The van der Waals surface area contributed by atoms with Crippen LogP contribution in [-0.2, 0) is 20.9 Å². The zero-order chi connectivity index (χ0) is 19.6. The number of fused-ring (bicyclic) bond motifs is 2. The minimum absolute atomic E-state index is 0.0390. The number of rotatable bonds is 2. The summed E-state index contributed by atoms with van der Waals surface area (Å²) in [6.07, 6.45) is 3.74. The summed E-state index contributed by atoms with van der Waals surface area (Å²) in [5.41, 5.74) is 3.05. The summed E-state index contributed by atoms with van der Waals surface area (Å²) in [6, 6.07) is 12.7. The summed E-state index contributed by atoms with van der Waals surface area (Å²) >= 11 is 6.04. The van der Waals surface area contributed by atoms with E-state index in [1.807, 2.05) is 12.1 Å². The Hall–Kier alpha value is -1.78. The van der Waals surface area contributed by atoms with Gasteiger partial charge in [0.25, 0.3) is 10.0 Å². The lowest BCUT2D eigenvalue weighted by Gasteiger charge is -2.42. The average molecular weight is 402 g/mol. The molecule has 27 heavy (non-hydrogen) atoms. The molecule has 0 N–H and O–H groups in total. The summed E-state index contributed by atoms with van der Waals surface area (Å²) < 4.78 is 28.1. The van der Waals surface area contributed by atoms with Crippen molar-refractivity contribution in [2.45, 2.75) is 56.3 Å². The first kappa shape index (κ1) is 18.6. The van der Waals surface area contributed by atoms with Crippen molar-refractivity contribution in [2.24, 2.45) is 0 Å². The van der Waals surface area contributed by atoms with Crippen LogP contribution in [0.1, 0.15) is 51.7 Å². The first-order valence-electron chi connectivity index (χ1n) is 9.20. The maximum absolute atomic E-state index is 13.4. The molecule has 5 heteroatoms. The van der Waals surface area contributed by atoms with Gasteiger partial charge in [0.15, 0.2) is 0 Å². The third-order valence-corrected chi connectivity index (χ3v) is 7.92. The Labute approximate surface area is 166 Å². The number of aromatic nitrogens is 1. The molecule has 0 fully saturated rings. The fourth-order valence-corrected chi connectivity index (χ4v) is 5.70. The zero-order valence-corrected chi connectivity index (χ0v) is 17.7. The Morgan fingerprint density at radius 1 is 0.889 bits per heavy atom. The Bertz CT molecular complexity index is 1160. The molecule has 1 aliphatic carbocycles. The highest BCUT2D eigenvalue weighted by Gasteiger charge is 2.37. The Kier molecular flexibility index (Phi) is 4.03. The second-order valence-corrected chi connectivity index (χ2v) is 11.0. The van der Waals surface area contributed by atoms with Gasteiger partial charge in [0.05, 0.1) is 10.4 Å². The largest absolute Gasteiger partial charge is 0.268 e. The fourth-order valence-electron chi connectivity index (χ4n) is 4.14. The molecule has 0 aliphatic heterocycles. The van der Waals surface area contributed by atoms with Crippen LogP contribution in [0.3, 0.4) is 0 Å². The average Bonchev–Trinajstić information content (AvgIpc) is 3.02. The van der Waals surface area contributed by atoms with Gasteiger partial charge in [-0.25, -0.2) is 12.4 Å². The van der Waals surface area contributed by atoms with Crippen molar-refractivity contribution >= 4 is 32.5 Å². The van der Waals surface area contributed by atoms with E-state index >= 15 is 0 Å². The van der Waals surface area contributed by atoms with Gasteiger partial charge in [-0.3, -0.25) is 0 Å². The normalized spacial score (nSPS) is 18.4. The van der Waals surface area contributed by atoms with Crippen molar-refractivity contribution in [3.8, 4) is 0 Å². The molecule has 4 rings (SSSR count). The van der Waals surface area contributed by atoms with Crippen molar-refractivity contribution in [3.05, 3.63) is 64.8 Å². The molecular weight excluding hydrogens is 378 g/mol. The topological polar surface area (TPSA) is 39.1 Å². The molecule has 1 aliphatic rings. The van der Waals surface area contributed by atoms with E-state index < -0.39 is 10.0 Å². The number of hydrogen-bond donors (Lipinski definition) is 0. The minimum Gasteiger partial charge on any atom is -0.241 e. The second kappa shape index (κ2) is 5.86. The predicted octanol–water partition coefficient (Wildman–Crippen LogP) is 5.88. The van der Waals surface area contributed by atoms with Crippen molar-refractivity contribution in [3.63, 3.8) is 0 Å². The first-order valence-corrected chi connectivity index (χ1v) is 11.0. The SMILES string of the molecule is CC1(C)CCC(C)(C)c2cc(S(=O)(=O)n3ccc4cc(Cl)ccc43)ccc21. The molecule has 142 valence electrons. The van der Waals surface area contributed by atoms with E-state index in [1.165, 1.54) is 9.54 Å². The number of nitrogens with zero attached hydrogens (tertiary/aromatic N) is 1. The van der Waals surface area contributed by atoms with Gasteiger partial charge in [-0.05, 0) is 71.2 Å². The van der Waals surface area contributed by atoms with Crippen LogP contribution in [0, 0.1) is 0 Å². The quantitative estimate of drug-likeness (QED) is 0.537. The molecule has 0 atom stereocenters. The monoisotopic (exact) mass is 401 g/mol. The third-order valence-electron chi connectivity index (χ3n) is 6.00. The smallest absolute Gasteiger partial charge is 0.241 e. The maximum atomic E-state index is 13.4. The van der Waals surface area contributed by atoms with Crippen LogP contribution in [0.15, 0.2) is 53.6 Å². The van der Waals surface area contributed by atoms with Crippen LogP contribution in [-0.4, -0.2) is 12.4 Å². The first-order chi connectivity index (χ1) is 12.5. The molecule has 3 nitrogen and oxygen atoms in total. The van der Waals surface area contributed by atoms with Crippen molar-refractivity contribution in [1.82, 2.24) is 3.97 Å². The number of halogens is 1. The van der Waals surface area contributed by atoms with Gasteiger partial charge in [-0.2, -0.15) is 0 Å². The van der Waals surface area contributed by atoms with Crippen LogP contribution in [0.25, 0.3) is 10.9 Å². The fraction of sp³-hybridized carbons (Fsp3) is 0.364. The van der Waals surface area contributed by atoms with Crippen molar-refractivity contribution in [2.75, 3.05) is 0 Å². The highest BCUT2D eigenvalue weighted by molar-refractivity contribution is 7.90. The lowest BCUT2D eigenvalue weighted by Crippen LogP contribution is -2.34. The van der Waals surface area contributed by atoms with Crippen LogP contribution in [0.4, 0.5) is 0 Å². The van der Waals surface area contributed by atoms with E-state index in [4.69, 9.17) is 11.6 Å². The van der Waals surface area contributed by atoms with Crippen LogP contribution >= 0.6 is 11.6 Å². The van der Waals surface area contributed by atoms with Gasteiger partial charge in [0, 0.05) is 16.6 Å². The molecule has 0 saturated heterocycles. The van der Waals surface area contributed by atoms with Gasteiger partial charge in [0.2, 0.25) is 0 Å². The van der Waals surface area contributed by atoms with Gasteiger partial charge < -0.3 is 0 Å². The molecular formula is C22H24ClNO2S. The highest BCUT2D eigenvalue weighted by Crippen LogP contribution is 2.46. The van der Waals surface area contributed by atoms with E-state index in [2.05, 4.69) is 27.7 Å². The Morgan fingerprint density at radius 2 is 1.56 bits per heavy atom. The number of benzene rings is 2. The predicted molar refractivity (Wildman–Crippen MR) is 111 cm³/mol. The second-order valence-electron chi connectivity index (χ2n) is 8.79. The van der Waals surface area contributed by atoms with Crippen LogP contribution in [0.2, 0.25) is 5.02 Å². The zero-order valence-electron chi connectivity index (χ0n) is 16.1. The van der Waals surface area contributed by atoms with Crippen molar-refractivity contribution < 1.29 is 8.42 Å². The van der Waals surface area contributed by atoms with E-state index in [0.29, 0.717) is 15.4 Å². The highest BCUT2D eigenvalue weighted by atomic mass is 35.5. The van der Waals surface area contributed by atoms with E-state index in [0.717, 1.165) is 23.8 Å². The van der Waals surface area contributed by atoms with Crippen LogP contribution < -0.4 is 0 Å². The number of hydrogen-bond acceptors (Lipinski definition) is 2. The molecule has 1 aromatic heterocycles. The molecule has 0 saturated carbocycles. The van der Waals surface area contributed by atoms with Crippen molar-refractivity contribution in [1.29, 1.82) is 0 Å². The van der Waals surface area contributed by atoms with Gasteiger partial charge in [-0.1, -0.05) is 45.4 Å². The van der Waals surface area contributed by atoms with Gasteiger partial charge in [-0.15, -0.1) is 0 Å². The molecule has 0 bridgehead atoms. The standard InChI is InChI=1S/C22H24ClNO2S/c1-21(2)10-11-22(3,4)19-14-17(6-7-18(19)21)27(25,26)24-12-9-15-13-16(23)5-8-20(15)24/h5-9,12-14H,10-11H2,1-4H3. The van der Waals surface area contributed by atoms with Crippen LogP contribution in [0.5, 0.6) is 0 Å². The van der Waals surface area contributed by atoms with E-state index in [-0.39, 0.29) is 10.8 Å². The summed E-state index contributed by atoms with van der Waals surface area (Å²) in [4.78, 5) is 0.333. The lowest BCUT2D eigenvalue weighted by atomic mass is 9.63. The Balaban J connectivity index is 1.90. The van der Waals surface area contributed by atoms with Gasteiger partial charge in [0.1, 0.15) is 0 Å². The lowest BCUT2D eigenvalue weighted by molar-refractivity contribution is 0.331. The summed E-state index contributed by atoms with van der Waals surface area (Å²) in [6.45, 7) is 8.87. The van der Waals surface area contributed by atoms with Gasteiger partial charge >= 0.3 is 0 Å². The Morgan fingerprint density at radius 3 is 2.26 bits per heavy atom. The molecule has 0 radical (unpaired) electrons. The molecule has 1 heterocycles. The third kappa shape index (κ3) is 2.90. The molecule has 0 spiro atoms. The summed E-state index contributed by atoms with van der Waals surface area (Å²) in [7, 11) is -3.68.